The predicted molar refractivity (Wildman–Crippen MR) is 112 cm³/mol. The van der Waals surface area contributed by atoms with Crippen LogP contribution in [0.1, 0.15) is 22.7 Å². The van der Waals surface area contributed by atoms with E-state index in [-0.39, 0.29) is 13.0 Å². The normalized spacial score (nSPS) is 11.2. The molecule has 3 heterocycles. The Morgan fingerprint density at radius 2 is 2.00 bits per heavy atom. The van der Waals surface area contributed by atoms with Gasteiger partial charge in [-0.15, -0.1) is 5.10 Å². The highest BCUT2D eigenvalue weighted by atomic mass is 35.5. The number of aromatic nitrogens is 5. The molecule has 0 unspecified atom stereocenters. The molecule has 0 aliphatic carbocycles. The second-order valence-electron chi connectivity index (χ2n) is 6.59. The first-order valence-electron chi connectivity index (χ1n) is 9.08. The molecule has 0 radical (unpaired) electrons. The van der Waals surface area contributed by atoms with E-state index < -0.39 is 5.97 Å². The van der Waals surface area contributed by atoms with E-state index in [0.29, 0.717) is 27.4 Å². The topological polar surface area (TPSA) is 95.4 Å². The summed E-state index contributed by atoms with van der Waals surface area (Å²) in [6, 6.07) is 8.98. The van der Waals surface area contributed by atoms with Crippen LogP contribution in [0.3, 0.4) is 0 Å². The van der Waals surface area contributed by atoms with Gasteiger partial charge >= 0.3 is 5.97 Å². The highest BCUT2D eigenvalue weighted by Crippen LogP contribution is 2.22. The minimum atomic E-state index is -0.392. The molecule has 0 fully saturated rings. The third-order valence-electron chi connectivity index (χ3n) is 4.61. The fourth-order valence-electron chi connectivity index (χ4n) is 3.02. The summed E-state index contributed by atoms with van der Waals surface area (Å²) in [5.74, 6) is 0.580. The fourth-order valence-corrected chi connectivity index (χ4v) is 3.48. The lowest BCUT2D eigenvalue weighted by Gasteiger charge is -2.09. The molecule has 0 aliphatic rings. The van der Waals surface area contributed by atoms with Crippen LogP contribution in [-0.2, 0) is 22.6 Å². The molecule has 0 amide bonds. The number of hydrogen-bond acceptors (Lipinski definition) is 8. The molecular weight excluding hydrogens is 426 g/mol. The van der Waals surface area contributed by atoms with E-state index in [9.17, 15) is 4.79 Å². The zero-order chi connectivity index (χ0) is 21.3. The van der Waals surface area contributed by atoms with Gasteiger partial charge in [-0.3, -0.25) is 4.79 Å². The number of thioether (sulfide) groups is 1. The maximum atomic E-state index is 12.4. The molecule has 0 spiro atoms. The summed E-state index contributed by atoms with van der Waals surface area (Å²) in [7, 11) is 0. The maximum absolute atomic E-state index is 12.4. The maximum Gasteiger partial charge on any atom is 0.310 e. The van der Waals surface area contributed by atoms with Crippen LogP contribution in [0.15, 0.2) is 40.0 Å². The van der Waals surface area contributed by atoms with Gasteiger partial charge in [-0.25, -0.2) is 9.50 Å². The molecule has 154 valence electrons. The lowest BCUT2D eigenvalue weighted by Crippen LogP contribution is -2.13. The number of ether oxygens (including phenoxy) is 1. The van der Waals surface area contributed by atoms with E-state index in [1.165, 1.54) is 11.8 Å². The molecule has 0 bridgehead atoms. The second kappa shape index (κ2) is 8.45. The van der Waals surface area contributed by atoms with Gasteiger partial charge in [0, 0.05) is 33.6 Å². The van der Waals surface area contributed by atoms with E-state index in [1.807, 2.05) is 32.2 Å². The lowest BCUT2D eigenvalue weighted by molar-refractivity contribution is -0.144. The van der Waals surface area contributed by atoms with E-state index in [2.05, 4.69) is 20.2 Å². The van der Waals surface area contributed by atoms with E-state index >= 15 is 0 Å². The average Bonchev–Trinajstić information content (AvgIpc) is 3.37. The van der Waals surface area contributed by atoms with Crippen molar-refractivity contribution < 1.29 is 14.1 Å². The molecule has 30 heavy (non-hydrogen) atoms. The van der Waals surface area contributed by atoms with Gasteiger partial charge in [0.2, 0.25) is 5.16 Å². The molecule has 4 rings (SSSR count). The van der Waals surface area contributed by atoms with E-state index in [1.54, 1.807) is 22.7 Å². The molecule has 3 aromatic heterocycles. The monoisotopic (exact) mass is 443 g/mol. The molecule has 0 saturated heterocycles. The number of carbonyl (C=O) groups is 1. The quantitative estimate of drug-likeness (QED) is 0.325. The number of benzene rings is 1. The van der Waals surface area contributed by atoms with E-state index in [0.717, 1.165) is 22.5 Å². The first-order chi connectivity index (χ1) is 14.4. The van der Waals surface area contributed by atoms with Crippen LogP contribution in [0.2, 0.25) is 5.02 Å². The number of halogens is 1. The molecule has 1 aromatic carbocycles. The summed E-state index contributed by atoms with van der Waals surface area (Å²) >= 11 is 7.34. The van der Waals surface area contributed by atoms with Crippen LogP contribution in [0, 0.1) is 13.8 Å². The molecule has 10 heteroatoms. The van der Waals surface area contributed by atoms with Gasteiger partial charge in [-0.1, -0.05) is 40.7 Å². The third kappa shape index (κ3) is 4.17. The van der Waals surface area contributed by atoms with Crippen molar-refractivity contribution in [3.8, 4) is 11.3 Å². The highest BCUT2D eigenvalue weighted by Gasteiger charge is 2.17. The largest absolute Gasteiger partial charge is 0.457 e. The number of hydrogen-bond donors (Lipinski definition) is 0. The standard InChI is InChI=1S/C20H18ClN5O3S/c1-11-16(12(2)26-19(22-11)23-20(24-26)30-3)9-18(27)28-10-15-8-17(25-29-15)13-4-6-14(21)7-5-13/h4-8H,9-10H2,1-3H3. The van der Waals surface area contributed by atoms with Crippen LogP contribution >= 0.6 is 23.4 Å². The smallest absolute Gasteiger partial charge is 0.310 e. The molecule has 0 N–H and O–H groups in total. The summed E-state index contributed by atoms with van der Waals surface area (Å²) < 4.78 is 12.3. The highest BCUT2D eigenvalue weighted by molar-refractivity contribution is 7.98. The van der Waals surface area contributed by atoms with Crippen molar-refractivity contribution in [3.63, 3.8) is 0 Å². The Hall–Kier alpha value is -2.91. The summed E-state index contributed by atoms with van der Waals surface area (Å²) in [5.41, 5.74) is 3.82. The first-order valence-corrected chi connectivity index (χ1v) is 10.7. The van der Waals surface area contributed by atoms with Crippen molar-refractivity contribution in [2.45, 2.75) is 32.0 Å². The lowest BCUT2D eigenvalue weighted by atomic mass is 10.1. The summed E-state index contributed by atoms with van der Waals surface area (Å²) in [4.78, 5) is 21.2. The molecule has 0 aliphatic heterocycles. The minimum Gasteiger partial charge on any atom is -0.457 e. The van der Waals surface area contributed by atoms with Crippen LogP contribution in [-0.4, -0.2) is 37.0 Å². The van der Waals surface area contributed by atoms with Crippen molar-refractivity contribution in [2.75, 3.05) is 6.26 Å². The Balaban J connectivity index is 1.43. The number of esters is 1. The van der Waals surface area contributed by atoms with Gasteiger partial charge in [-0.05, 0) is 32.2 Å². The Morgan fingerprint density at radius 1 is 1.23 bits per heavy atom. The predicted octanol–water partition coefficient (Wildman–Crippen LogP) is 4.06. The average molecular weight is 444 g/mol. The van der Waals surface area contributed by atoms with Crippen LogP contribution in [0.25, 0.3) is 17.0 Å². The Morgan fingerprint density at radius 3 is 2.73 bits per heavy atom. The van der Waals surface area contributed by atoms with Gasteiger partial charge in [0.15, 0.2) is 12.4 Å². The van der Waals surface area contributed by atoms with Crippen LogP contribution in [0.5, 0.6) is 0 Å². The van der Waals surface area contributed by atoms with Crippen LogP contribution < -0.4 is 0 Å². The number of rotatable bonds is 6. The van der Waals surface area contributed by atoms with Gasteiger partial charge < -0.3 is 9.26 Å². The Kier molecular flexibility index (Phi) is 5.74. The number of fused-ring (bicyclic) bond motifs is 1. The zero-order valence-electron chi connectivity index (χ0n) is 16.5. The molecular formula is C20H18ClN5O3S. The van der Waals surface area contributed by atoms with Gasteiger partial charge in [0.1, 0.15) is 5.69 Å². The van der Waals surface area contributed by atoms with Crippen molar-refractivity contribution >= 4 is 35.1 Å². The Bertz CT molecular complexity index is 1220. The fraction of sp³-hybridized carbons (Fsp3) is 0.250. The number of nitrogens with zero attached hydrogens (tertiary/aromatic N) is 5. The summed E-state index contributed by atoms with van der Waals surface area (Å²) in [6.45, 7) is 3.73. The molecule has 0 saturated carbocycles. The third-order valence-corrected chi connectivity index (χ3v) is 5.40. The Labute approximate surface area is 181 Å². The van der Waals surface area contributed by atoms with Gasteiger partial charge in [0.05, 0.1) is 6.42 Å². The van der Waals surface area contributed by atoms with Crippen molar-refractivity contribution in [1.82, 2.24) is 24.7 Å². The zero-order valence-corrected chi connectivity index (χ0v) is 18.1. The number of carbonyl (C=O) groups excluding carboxylic acids is 1. The van der Waals surface area contributed by atoms with Crippen LogP contribution in [0.4, 0.5) is 0 Å². The summed E-state index contributed by atoms with van der Waals surface area (Å²) in [5, 5.41) is 9.68. The number of aryl methyl sites for hydroxylation is 2. The van der Waals surface area contributed by atoms with Gasteiger partial charge in [-0.2, -0.15) is 4.98 Å². The summed E-state index contributed by atoms with van der Waals surface area (Å²) in [6.07, 6.45) is 1.98. The van der Waals surface area contributed by atoms with Crippen molar-refractivity contribution in [1.29, 1.82) is 0 Å². The molecule has 4 aromatic rings. The first kappa shape index (κ1) is 20.4. The van der Waals surface area contributed by atoms with Crippen molar-refractivity contribution in [2.24, 2.45) is 0 Å². The second-order valence-corrected chi connectivity index (χ2v) is 7.80. The van der Waals surface area contributed by atoms with E-state index in [4.69, 9.17) is 20.9 Å². The minimum absolute atomic E-state index is 0.00681. The SMILES string of the molecule is CSc1nc2nc(C)c(CC(=O)OCc3cc(-c4ccc(Cl)cc4)no3)c(C)n2n1. The van der Waals surface area contributed by atoms with Crippen molar-refractivity contribution in [3.05, 3.63) is 58.1 Å². The molecule has 8 nitrogen and oxygen atoms in total. The van der Waals surface area contributed by atoms with Gasteiger partial charge in [0.25, 0.3) is 5.78 Å². The molecule has 0 atom stereocenters.